The maximum Gasteiger partial charge on any atom is 0.291 e. The van der Waals surface area contributed by atoms with E-state index in [-0.39, 0.29) is 34.9 Å². The highest BCUT2D eigenvalue weighted by Crippen LogP contribution is 2.39. The number of benzene rings is 3. The van der Waals surface area contributed by atoms with Gasteiger partial charge >= 0.3 is 0 Å². The minimum Gasteiger partial charge on any atom is -0.508 e. The lowest BCUT2D eigenvalue weighted by Crippen LogP contribution is -2.29. The summed E-state index contributed by atoms with van der Waals surface area (Å²) in [7, 11) is 0. The number of phenols is 1. The van der Waals surface area contributed by atoms with Crippen LogP contribution in [0.1, 0.15) is 33.3 Å². The number of hydrogen-bond acceptors (Lipinski definition) is 4. The van der Waals surface area contributed by atoms with E-state index < -0.39 is 11.9 Å². The van der Waals surface area contributed by atoms with Crippen molar-refractivity contribution in [2.75, 3.05) is 0 Å². The van der Waals surface area contributed by atoms with E-state index in [2.05, 4.69) is 0 Å². The van der Waals surface area contributed by atoms with Crippen LogP contribution in [-0.2, 0) is 6.54 Å². The summed E-state index contributed by atoms with van der Waals surface area (Å²) in [6.07, 6.45) is 0. The maximum atomic E-state index is 13.3. The standard InChI is InChI=1S/C24H16FNO4/c25-16-9-5-14(6-10-16)13-26-21(15-7-11-17(27)12-8-15)20-22(28)18-3-1-2-4-19(18)30-23(20)24(26)29/h1-12,21,27H,13H2/t21-/m0/s1. The van der Waals surface area contributed by atoms with Crippen molar-refractivity contribution in [1.29, 1.82) is 0 Å². The van der Waals surface area contributed by atoms with Crippen molar-refractivity contribution in [1.82, 2.24) is 4.90 Å². The largest absolute Gasteiger partial charge is 0.508 e. The van der Waals surface area contributed by atoms with Crippen LogP contribution in [0.2, 0.25) is 0 Å². The Morgan fingerprint density at radius 2 is 1.63 bits per heavy atom. The van der Waals surface area contributed by atoms with Crippen LogP contribution in [0.25, 0.3) is 11.0 Å². The van der Waals surface area contributed by atoms with Gasteiger partial charge in [-0.05, 0) is 47.5 Å². The predicted octanol–water partition coefficient (Wildman–Crippen LogP) is 4.38. The van der Waals surface area contributed by atoms with Crippen molar-refractivity contribution >= 4 is 16.9 Å². The molecule has 1 aliphatic rings. The van der Waals surface area contributed by atoms with Gasteiger partial charge in [0.2, 0.25) is 5.76 Å². The first-order valence-electron chi connectivity index (χ1n) is 9.43. The third kappa shape index (κ3) is 2.85. The molecule has 1 amide bonds. The van der Waals surface area contributed by atoms with Crippen LogP contribution in [0.4, 0.5) is 4.39 Å². The second-order valence-electron chi connectivity index (χ2n) is 7.22. The summed E-state index contributed by atoms with van der Waals surface area (Å²) in [6.45, 7) is 0.171. The van der Waals surface area contributed by atoms with Crippen LogP contribution < -0.4 is 5.43 Å². The SMILES string of the molecule is O=C1c2oc3ccccc3c(=O)c2[C@H](c2ccc(O)cc2)N1Cc1ccc(F)cc1. The molecule has 0 radical (unpaired) electrons. The summed E-state index contributed by atoms with van der Waals surface area (Å²) < 4.78 is 19.2. The average Bonchev–Trinajstić information content (AvgIpc) is 3.03. The fourth-order valence-electron chi connectivity index (χ4n) is 3.92. The lowest BCUT2D eigenvalue weighted by molar-refractivity contribution is 0.0714. The Kier molecular flexibility index (Phi) is 4.13. The van der Waals surface area contributed by atoms with Gasteiger partial charge in [0.1, 0.15) is 17.1 Å². The lowest BCUT2D eigenvalue weighted by atomic mass is 9.98. The molecule has 6 heteroatoms. The zero-order chi connectivity index (χ0) is 20.8. The Hall–Kier alpha value is -3.93. The zero-order valence-electron chi connectivity index (χ0n) is 15.7. The van der Waals surface area contributed by atoms with Crippen molar-refractivity contribution in [2.24, 2.45) is 0 Å². The number of halogens is 1. The Morgan fingerprint density at radius 3 is 2.37 bits per heavy atom. The van der Waals surface area contributed by atoms with Gasteiger partial charge in [-0.2, -0.15) is 0 Å². The molecule has 2 heterocycles. The fourth-order valence-corrected chi connectivity index (χ4v) is 3.92. The van der Waals surface area contributed by atoms with Crippen molar-refractivity contribution in [3.63, 3.8) is 0 Å². The molecule has 0 spiro atoms. The first-order valence-corrected chi connectivity index (χ1v) is 9.43. The number of carbonyl (C=O) groups is 1. The molecule has 5 rings (SSSR count). The molecule has 0 aliphatic carbocycles. The average molecular weight is 401 g/mol. The number of para-hydroxylation sites is 1. The van der Waals surface area contributed by atoms with E-state index in [1.54, 1.807) is 48.5 Å². The third-order valence-corrected chi connectivity index (χ3v) is 5.35. The molecule has 0 saturated carbocycles. The quantitative estimate of drug-likeness (QED) is 0.553. The summed E-state index contributed by atoms with van der Waals surface area (Å²) in [5.41, 5.74) is 1.75. The third-order valence-electron chi connectivity index (χ3n) is 5.35. The minimum atomic E-state index is -0.681. The molecule has 1 atom stereocenters. The van der Waals surface area contributed by atoms with Crippen LogP contribution >= 0.6 is 0 Å². The molecule has 1 aliphatic heterocycles. The number of fused-ring (bicyclic) bond motifs is 2. The smallest absolute Gasteiger partial charge is 0.291 e. The number of phenolic OH excluding ortho intramolecular Hbond substituents is 1. The van der Waals surface area contributed by atoms with Crippen LogP contribution in [0.5, 0.6) is 5.75 Å². The zero-order valence-corrected chi connectivity index (χ0v) is 15.7. The summed E-state index contributed by atoms with van der Waals surface area (Å²) in [6, 6.07) is 18.4. The van der Waals surface area contributed by atoms with Gasteiger partial charge in [-0.3, -0.25) is 9.59 Å². The van der Waals surface area contributed by atoms with Gasteiger partial charge in [0.25, 0.3) is 5.91 Å². The van der Waals surface area contributed by atoms with E-state index in [0.29, 0.717) is 16.5 Å². The lowest BCUT2D eigenvalue weighted by Gasteiger charge is -2.25. The molecular formula is C24H16FNO4. The van der Waals surface area contributed by atoms with Gasteiger partial charge in [-0.1, -0.05) is 36.4 Å². The number of nitrogens with zero attached hydrogens (tertiary/aromatic N) is 1. The van der Waals surface area contributed by atoms with Gasteiger partial charge in [0.05, 0.1) is 17.0 Å². The number of carbonyl (C=O) groups excluding carboxylic acids is 1. The van der Waals surface area contributed by atoms with Crippen LogP contribution in [0, 0.1) is 5.82 Å². The number of rotatable bonds is 3. The van der Waals surface area contributed by atoms with Crippen molar-refractivity contribution in [3.05, 3.63) is 111 Å². The van der Waals surface area contributed by atoms with Gasteiger partial charge in [0, 0.05) is 6.54 Å². The Bertz CT molecular complexity index is 1330. The molecule has 0 bridgehead atoms. The van der Waals surface area contributed by atoms with Crippen LogP contribution in [0.3, 0.4) is 0 Å². The van der Waals surface area contributed by atoms with Crippen molar-refractivity contribution < 1.29 is 18.7 Å². The molecular weight excluding hydrogens is 385 g/mol. The van der Waals surface area contributed by atoms with E-state index in [4.69, 9.17) is 4.42 Å². The highest BCUT2D eigenvalue weighted by Gasteiger charge is 2.42. The summed E-state index contributed by atoms with van der Waals surface area (Å²) in [4.78, 5) is 28.1. The summed E-state index contributed by atoms with van der Waals surface area (Å²) in [5, 5.41) is 10.1. The Balaban J connectivity index is 1.71. The van der Waals surface area contributed by atoms with Gasteiger partial charge < -0.3 is 14.4 Å². The number of amides is 1. The predicted molar refractivity (Wildman–Crippen MR) is 109 cm³/mol. The van der Waals surface area contributed by atoms with Gasteiger partial charge in [-0.25, -0.2) is 4.39 Å². The molecule has 4 aromatic rings. The normalized spacial score (nSPS) is 15.6. The second kappa shape index (κ2) is 6.84. The number of aromatic hydroxyl groups is 1. The van der Waals surface area contributed by atoms with E-state index in [9.17, 15) is 19.1 Å². The molecule has 3 aromatic carbocycles. The molecule has 148 valence electrons. The van der Waals surface area contributed by atoms with Crippen molar-refractivity contribution in [2.45, 2.75) is 12.6 Å². The minimum absolute atomic E-state index is 0.0129. The van der Waals surface area contributed by atoms with Crippen LogP contribution in [0.15, 0.2) is 82.0 Å². The molecule has 0 saturated heterocycles. The van der Waals surface area contributed by atoms with E-state index in [0.717, 1.165) is 5.56 Å². The van der Waals surface area contributed by atoms with Gasteiger partial charge in [-0.15, -0.1) is 0 Å². The second-order valence-corrected chi connectivity index (χ2v) is 7.22. The van der Waals surface area contributed by atoms with E-state index in [1.165, 1.54) is 29.2 Å². The summed E-state index contributed by atoms with van der Waals surface area (Å²) >= 11 is 0. The van der Waals surface area contributed by atoms with Gasteiger partial charge in [0.15, 0.2) is 5.43 Å². The highest BCUT2D eigenvalue weighted by molar-refractivity contribution is 5.99. The number of hydrogen-bond donors (Lipinski definition) is 1. The van der Waals surface area contributed by atoms with E-state index in [1.807, 2.05) is 0 Å². The maximum absolute atomic E-state index is 13.3. The van der Waals surface area contributed by atoms with E-state index >= 15 is 0 Å². The Labute approximate surface area is 170 Å². The molecule has 5 nitrogen and oxygen atoms in total. The topological polar surface area (TPSA) is 70.8 Å². The fraction of sp³-hybridized carbons (Fsp3) is 0.0833. The molecule has 0 unspecified atom stereocenters. The molecule has 0 fully saturated rings. The monoisotopic (exact) mass is 401 g/mol. The highest BCUT2D eigenvalue weighted by atomic mass is 19.1. The molecule has 30 heavy (non-hydrogen) atoms. The van der Waals surface area contributed by atoms with Crippen LogP contribution in [-0.4, -0.2) is 15.9 Å². The Morgan fingerprint density at radius 1 is 0.933 bits per heavy atom. The molecule has 1 N–H and O–H groups in total. The first kappa shape index (κ1) is 18.1. The molecule has 1 aromatic heterocycles. The first-order chi connectivity index (χ1) is 14.5. The van der Waals surface area contributed by atoms with Crippen molar-refractivity contribution in [3.8, 4) is 5.75 Å². The summed E-state index contributed by atoms with van der Waals surface area (Å²) in [5.74, 6) is -0.680.